The fraction of sp³-hybridized carbons (Fsp3) is 0.421. The van der Waals surface area contributed by atoms with Crippen molar-refractivity contribution in [2.45, 2.75) is 25.4 Å². The highest BCUT2D eigenvalue weighted by Gasteiger charge is 2.30. The number of aliphatic carboxylic acids is 1. The van der Waals surface area contributed by atoms with Crippen molar-refractivity contribution in [3.63, 3.8) is 0 Å². The second-order valence-electron chi connectivity index (χ2n) is 5.86. The number of methoxy groups -OCH3 is 1. The predicted molar refractivity (Wildman–Crippen MR) is 99.4 cm³/mol. The van der Waals surface area contributed by atoms with Crippen LogP contribution in [-0.2, 0) is 25.3 Å². The highest BCUT2D eigenvalue weighted by atomic mass is 19.4. The van der Waals surface area contributed by atoms with Crippen molar-refractivity contribution in [1.82, 2.24) is 5.32 Å². The Morgan fingerprint density at radius 3 is 2.41 bits per heavy atom. The number of unbranched alkanes of at least 4 members (excludes halogenated alkanes) is 1. The number of hydrogen-bond donors (Lipinski definition) is 2. The first kappa shape index (κ1) is 24.2. The number of oxime groups is 1. The Bertz CT molecular complexity index is 716. The molecule has 1 amide bonds. The van der Waals surface area contributed by atoms with Gasteiger partial charge in [-0.15, -0.1) is 0 Å². The molecule has 0 radical (unpaired) electrons. The van der Waals surface area contributed by atoms with Crippen LogP contribution in [0.3, 0.4) is 0 Å². The second-order valence-corrected chi connectivity index (χ2v) is 5.86. The van der Waals surface area contributed by atoms with Gasteiger partial charge in [-0.3, -0.25) is 4.79 Å². The maximum atomic E-state index is 12.7. The summed E-state index contributed by atoms with van der Waals surface area (Å²) in [5.74, 6) is -1.84. The molecule has 7 nitrogen and oxygen atoms in total. The SMILES string of the molecule is COCCCC/C(=N\OCCNC(=O)C=CC(=O)O)c1ccc(C(F)(F)F)cc1. The molecule has 0 aliphatic rings. The zero-order valence-electron chi connectivity index (χ0n) is 15.9. The Hall–Kier alpha value is -2.88. The Morgan fingerprint density at radius 1 is 1.14 bits per heavy atom. The van der Waals surface area contributed by atoms with E-state index in [0.717, 1.165) is 24.6 Å². The van der Waals surface area contributed by atoms with Crippen LogP contribution in [0.15, 0.2) is 41.6 Å². The molecule has 0 spiro atoms. The summed E-state index contributed by atoms with van der Waals surface area (Å²) in [6.45, 7) is 0.641. The van der Waals surface area contributed by atoms with E-state index in [9.17, 15) is 22.8 Å². The number of carbonyl (C=O) groups excluding carboxylic acids is 1. The Morgan fingerprint density at radius 2 is 1.83 bits per heavy atom. The number of benzene rings is 1. The van der Waals surface area contributed by atoms with Crippen molar-refractivity contribution in [3.05, 3.63) is 47.5 Å². The molecular formula is C19H23F3N2O5. The number of rotatable bonds is 12. The molecule has 0 bridgehead atoms. The van der Waals surface area contributed by atoms with Crippen LogP contribution in [0.5, 0.6) is 0 Å². The highest BCUT2D eigenvalue weighted by Crippen LogP contribution is 2.29. The third-order valence-electron chi connectivity index (χ3n) is 3.60. The van der Waals surface area contributed by atoms with Gasteiger partial charge in [0.25, 0.3) is 0 Å². The number of nitrogens with one attached hydrogen (secondary N) is 1. The van der Waals surface area contributed by atoms with E-state index in [1.54, 1.807) is 7.11 Å². The lowest BCUT2D eigenvalue weighted by atomic mass is 10.0. The molecule has 0 atom stereocenters. The largest absolute Gasteiger partial charge is 0.478 e. The normalized spacial score (nSPS) is 12.2. The molecule has 0 aliphatic carbocycles. The summed E-state index contributed by atoms with van der Waals surface area (Å²) in [6.07, 6.45) is -0.914. The number of nitrogens with zero attached hydrogens (tertiary/aromatic N) is 1. The smallest absolute Gasteiger partial charge is 0.416 e. The zero-order valence-corrected chi connectivity index (χ0v) is 15.9. The average molecular weight is 416 g/mol. The summed E-state index contributed by atoms with van der Waals surface area (Å²) in [5.41, 5.74) is 0.230. The topological polar surface area (TPSA) is 97.2 Å². The first-order chi connectivity index (χ1) is 13.7. The quantitative estimate of drug-likeness (QED) is 0.236. The summed E-state index contributed by atoms with van der Waals surface area (Å²) < 4.78 is 43.1. The molecule has 29 heavy (non-hydrogen) atoms. The van der Waals surface area contributed by atoms with Gasteiger partial charge in [-0.25, -0.2) is 4.79 Å². The standard InChI is InChI=1S/C19H23F3N2O5/c1-28-12-3-2-4-16(14-5-7-15(8-6-14)19(20,21)22)24-29-13-11-23-17(25)9-10-18(26)27/h5-10H,2-4,11-13H2,1H3,(H,23,25)(H,26,27)/b10-9?,24-16+. The first-order valence-corrected chi connectivity index (χ1v) is 8.78. The molecule has 10 heteroatoms. The molecule has 0 aromatic heterocycles. The van der Waals surface area contributed by atoms with Crippen LogP contribution in [0.25, 0.3) is 0 Å². The minimum atomic E-state index is -4.42. The van der Waals surface area contributed by atoms with E-state index in [2.05, 4.69) is 10.5 Å². The number of carboxylic acid groups (broad SMARTS) is 1. The van der Waals surface area contributed by atoms with Crippen LogP contribution in [-0.4, -0.2) is 49.6 Å². The molecule has 0 heterocycles. The lowest BCUT2D eigenvalue weighted by Gasteiger charge is -2.10. The van der Waals surface area contributed by atoms with E-state index in [4.69, 9.17) is 14.7 Å². The molecule has 1 aromatic rings. The van der Waals surface area contributed by atoms with Gasteiger partial charge in [0.15, 0.2) is 0 Å². The number of ether oxygens (including phenoxy) is 1. The van der Waals surface area contributed by atoms with E-state index in [0.29, 0.717) is 36.8 Å². The van der Waals surface area contributed by atoms with E-state index in [1.165, 1.54) is 12.1 Å². The minimum absolute atomic E-state index is 0.00879. The number of amides is 1. The van der Waals surface area contributed by atoms with Crippen molar-refractivity contribution in [2.75, 3.05) is 26.9 Å². The minimum Gasteiger partial charge on any atom is -0.478 e. The van der Waals surface area contributed by atoms with Crippen LogP contribution >= 0.6 is 0 Å². The number of carboxylic acids is 1. The van der Waals surface area contributed by atoms with Gasteiger partial charge in [0.05, 0.1) is 17.8 Å². The van der Waals surface area contributed by atoms with Gasteiger partial charge in [-0.1, -0.05) is 17.3 Å². The predicted octanol–water partition coefficient (Wildman–Crippen LogP) is 3.00. The Labute approximate surface area is 166 Å². The Balaban J connectivity index is 2.66. The summed E-state index contributed by atoms with van der Waals surface area (Å²) in [4.78, 5) is 26.8. The molecule has 1 rings (SSSR count). The number of halogens is 3. The highest BCUT2D eigenvalue weighted by molar-refractivity contribution is 6.00. The summed E-state index contributed by atoms with van der Waals surface area (Å²) in [6, 6.07) is 4.63. The summed E-state index contributed by atoms with van der Waals surface area (Å²) in [5, 5.41) is 14.8. The van der Waals surface area contributed by atoms with Crippen molar-refractivity contribution in [1.29, 1.82) is 0 Å². The molecule has 1 aromatic carbocycles. The molecule has 0 saturated heterocycles. The van der Waals surface area contributed by atoms with Gasteiger partial charge in [-0.2, -0.15) is 13.2 Å². The molecule has 0 fully saturated rings. The number of alkyl halides is 3. The van der Waals surface area contributed by atoms with Crippen molar-refractivity contribution in [2.24, 2.45) is 5.16 Å². The second kappa shape index (κ2) is 12.6. The third-order valence-corrected chi connectivity index (χ3v) is 3.60. The lowest BCUT2D eigenvalue weighted by Crippen LogP contribution is -2.25. The van der Waals surface area contributed by atoms with Crippen LogP contribution in [0.4, 0.5) is 13.2 Å². The van der Waals surface area contributed by atoms with Gasteiger partial charge in [0, 0.05) is 25.9 Å². The van der Waals surface area contributed by atoms with Crippen LogP contribution in [0.2, 0.25) is 0 Å². The summed E-state index contributed by atoms with van der Waals surface area (Å²) >= 11 is 0. The zero-order chi connectivity index (χ0) is 21.7. The van der Waals surface area contributed by atoms with Gasteiger partial charge < -0.3 is 20.0 Å². The molecule has 0 aliphatic heterocycles. The maximum Gasteiger partial charge on any atom is 0.416 e. The monoisotopic (exact) mass is 416 g/mol. The van der Waals surface area contributed by atoms with Crippen molar-refractivity contribution < 1.29 is 37.4 Å². The Kier molecular flexibility index (Phi) is 10.5. The molecule has 0 saturated carbocycles. The lowest BCUT2D eigenvalue weighted by molar-refractivity contribution is -0.137. The fourth-order valence-electron chi connectivity index (χ4n) is 2.18. The van der Waals surface area contributed by atoms with Gasteiger partial charge in [0.2, 0.25) is 5.91 Å². The van der Waals surface area contributed by atoms with Gasteiger partial charge in [-0.05, 0) is 37.0 Å². The molecular weight excluding hydrogens is 393 g/mol. The van der Waals surface area contributed by atoms with Crippen molar-refractivity contribution >= 4 is 17.6 Å². The summed E-state index contributed by atoms with van der Waals surface area (Å²) in [7, 11) is 1.58. The third kappa shape index (κ3) is 10.3. The maximum absolute atomic E-state index is 12.7. The average Bonchev–Trinajstić information content (AvgIpc) is 2.67. The van der Waals surface area contributed by atoms with E-state index in [-0.39, 0.29) is 13.2 Å². The van der Waals surface area contributed by atoms with E-state index in [1.807, 2.05) is 0 Å². The van der Waals surface area contributed by atoms with Gasteiger partial charge >= 0.3 is 12.1 Å². The fourth-order valence-corrected chi connectivity index (χ4v) is 2.18. The van der Waals surface area contributed by atoms with E-state index >= 15 is 0 Å². The molecule has 160 valence electrons. The van der Waals surface area contributed by atoms with Gasteiger partial charge in [0.1, 0.15) is 6.61 Å². The number of carbonyl (C=O) groups is 2. The van der Waals surface area contributed by atoms with Crippen molar-refractivity contribution in [3.8, 4) is 0 Å². The van der Waals surface area contributed by atoms with Crippen LogP contribution in [0.1, 0.15) is 30.4 Å². The molecule has 2 N–H and O–H groups in total. The first-order valence-electron chi connectivity index (χ1n) is 8.78. The van der Waals surface area contributed by atoms with Crippen LogP contribution in [0, 0.1) is 0 Å². The van der Waals surface area contributed by atoms with Crippen LogP contribution < -0.4 is 5.32 Å². The van der Waals surface area contributed by atoms with E-state index < -0.39 is 23.6 Å². The molecule has 0 unspecified atom stereocenters. The number of hydrogen-bond acceptors (Lipinski definition) is 5.